The third-order valence-electron chi connectivity index (χ3n) is 2.22. The molecular formula is C12H16N2O4S. The number of amides is 1. The van der Waals surface area contributed by atoms with Gasteiger partial charge in [-0.2, -0.15) is 0 Å². The molecule has 0 aliphatic heterocycles. The lowest BCUT2D eigenvalue weighted by Gasteiger charge is -2.10. The number of hydrogen-bond donors (Lipinski definition) is 2. The minimum Gasteiger partial charge on any atom is -0.326 e. The molecule has 0 fully saturated rings. The first-order valence-corrected chi connectivity index (χ1v) is 7.44. The summed E-state index contributed by atoms with van der Waals surface area (Å²) in [7, 11) is -3.33. The molecule has 2 N–H and O–H groups in total. The molecule has 1 aromatic carbocycles. The SMILES string of the molecule is CC(=O)CC(=O)Nc1ccc(NS(C)(=O)=O)c(C)c1. The van der Waals surface area contributed by atoms with Crippen LogP contribution in [0.5, 0.6) is 0 Å². The van der Waals surface area contributed by atoms with E-state index in [2.05, 4.69) is 10.0 Å². The number of benzene rings is 1. The number of ketones is 1. The van der Waals surface area contributed by atoms with Crippen molar-refractivity contribution in [3.05, 3.63) is 23.8 Å². The molecule has 0 bridgehead atoms. The molecule has 1 rings (SSSR count). The monoisotopic (exact) mass is 284 g/mol. The zero-order valence-electron chi connectivity index (χ0n) is 11.0. The second-order valence-corrected chi connectivity index (χ2v) is 6.08. The maximum Gasteiger partial charge on any atom is 0.231 e. The number of Topliss-reactive ketones (excluding diaryl/α,β-unsaturated/α-hetero) is 1. The highest BCUT2D eigenvalue weighted by Gasteiger charge is 2.08. The van der Waals surface area contributed by atoms with E-state index in [4.69, 9.17) is 0 Å². The molecule has 1 amide bonds. The van der Waals surface area contributed by atoms with Crippen LogP contribution >= 0.6 is 0 Å². The summed E-state index contributed by atoms with van der Waals surface area (Å²) in [5, 5.41) is 2.57. The highest BCUT2D eigenvalue weighted by atomic mass is 32.2. The summed E-state index contributed by atoms with van der Waals surface area (Å²) in [6.07, 6.45) is 0.886. The van der Waals surface area contributed by atoms with E-state index in [0.717, 1.165) is 6.26 Å². The zero-order chi connectivity index (χ0) is 14.6. The van der Waals surface area contributed by atoms with Gasteiger partial charge in [0.1, 0.15) is 5.78 Å². The van der Waals surface area contributed by atoms with Crippen molar-refractivity contribution in [2.24, 2.45) is 0 Å². The molecule has 0 radical (unpaired) electrons. The molecule has 1 aromatic rings. The standard InChI is InChI=1S/C12H16N2O4S/c1-8-6-10(13-12(16)7-9(2)15)4-5-11(8)14-19(3,17)18/h4-6,14H,7H2,1-3H3,(H,13,16). The van der Waals surface area contributed by atoms with Gasteiger partial charge in [-0.3, -0.25) is 14.3 Å². The molecule has 0 unspecified atom stereocenters. The van der Waals surface area contributed by atoms with Gasteiger partial charge in [-0.25, -0.2) is 8.42 Å². The van der Waals surface area contributed by atoms with E-state index in [-0.39, 0.29) is 12.2 Å². The van der Waals surface area contributed by atoms with Crippen LogP contribution in [-0.2, 0) is 19.6 Å². The van der Waals surface area contributed by atoms with E-state index >= 15 is 0 Å². The molecule has 19 heavy (non-hydrogen) atoms. The quantitative estimate of drug-likeness (QED) is 0.797. The number of nitrogens with one attached hydrogen (secondary N) is 2. The lowest BCUT2D eigenvalue weighted by atomic mass is 10.2. The van der Waals surface area contributed by atoms with E-state index in [9.17, 15) is 18.0 Å². The van der Waals surface area contributed by atoms with Gasteiger partial charge >= 0.3 is 0 Å². The predicted octanol–water partition coefficient (Wildman–Crippen LogP) is 1.28. The summed E-state index contributed by atoms with van der Waals surface area (Å²) in [5.74, 6) is -0.611. The van der Waals surface area contributed by atoms with Gasteiger partial charge in [0.2, 0.25) is 15.9 Å². The molecular weight excluding hydrogens is 268 g/mol. The molecule has 0 saturated heterocycles. The Labute approximate surface area is 112 Å². The number of sulfonamides is 1. The van der Waals surface area contributed by atoms with Crippen LogP contribution < -0.4 is 10.0 Å². The van der Waals surface area contributed by atoms with E-state index < -0.39 is 15.9 Å². The van der Waals surface area contributed by atoms with Crippen LogP contribution in [0.4, 0.5) is 11.4 Å². The Kier molecular flexibility index (Phi) is 4.66. The van der Waals surface area contributed by atoms with E-state index in [1.807, 2.05) is 0 Å². The van der Waals surface area contributed by atoms with Gasteiger partial charge in [0, 0.05) is 5.69 Å². The molecule has 104 valence electrons. The van der Waals surface area contributed by atoms with Crippen molar-refractivity contribution in [3.8, 4) is 0 Å². The lowest BCUT2D eigenvalue weighted by Crippen LogP contribution is -2.15. The molecule has 0 spiro atoms. The molecule has 0 atom stereocenters. The number of carbonyl (C=O) groups is 2. The Morgan fingerprint density at radius 1 is 1.26 bits per heavy atom. The van der Waals surface area contributed by atoms with Crippen molar-refractivity contribution in [1.29, 1.82) is 0 Å². The highest BCUT2D eigenvalue weighted by Crippen LogP contribution is 2.20. The zero-order valence-corrected chi connectivity index (χ0v) is 11.8. The number of carbonyl (C=O) groups excluding carboxylic acids is 2. The van der Waals surface area contributed by atoms with Gasteiger partial charge in [0.15, 0.2) is 0 Å². The minimum atomic E-state index is -3.33. The number of hydrogen-bond acceptors (Lipinski definition) is 4. The van der Waals surface area contributed by atoms with Gasteiger partial charge in [-0.15, -0.1) is 0 Å². The average molecular weight is 284 g/mol. The molecule has 0 aromatic heterocycles. The molecule has 6 nitrogen and oxygen atoms in total. The number of aryl methyl sites for hydroxylation is 1. The normalized spacial score (nSPS) is 10.9. The van der Waals surface area contributed by atoms with Gasteiger partial charge in [0.05, 0.1) is 18.4 Å². The van der Waals surface area contributed by atoms with E-state index in [1.165, 1.54) is 6.92 Å². The van der Waals surface area contributed by atoms with Crippen LogP contribution in [0.15, 0.2) is 18.2 Å². The summed E-state index contributed by atoms with van der Waals surface area (Å²) in [4.78, 5) is 22.2. The van der Waals surface area contributed by atoms with Crippen molar-refractivity contribution in [3.63, 3.8) is 0 Å². The molecule has 0 aliphatic carbocycles. The van der Waals surface area contributed by atoms with Crippen molar-refractivity contribution < 1.29 is 18.0 Å². The van der Waals surface area contributed by atoms with Crippen molar-refractivity contribution in [2.45, 2.75) is 20.3 Å². The van der Waals surface area contributed by atoms with Crippen molar-refractivity contribution in [1.82, 2.24) is 0 Å². The third kappa shape index (κ3) is 5.52. The Morgan fingerprint density at radius 3 is 2.37 bits per heavy atom. The minimum absolute atomic E-state index is 0.178. The fraction of sp³-hybridized carbons (Fsp3) is 0.333. The molecule has 7 heteroatoms. The summed E-state index contributed by atoms with van der Waals surface area (Å²) >= 11 is 0. The predicted molar refractivity (Wildman–Crippen MR) is 73.6 cm³/mol. The maximum absolute atomic E-state index is 11.4. The summed E-state index contributed by atoms with van der Waals surface area (Å²) in [6, 6.07) is 4.75. The van der Waals surface area contributed by atoms with Gasteiger partial charge in [-0.1, -0.05) is 0 Å². The van der Waals surface area contributed by atoms with E-state index in [1.54, 1.807) is 25.1 Å². The van der Waals surface area contributed by atoms with Crippen LogP contribution in [0.1, 0.15) is 18.9 Å². The highest BCUT2D eigenvalue weighted by molar-refractivity contribution is 7.92. The second kappa shape index (κ2) is 5.83. The van der Waals surface area contributed by atoms with Crippen LogP contribution in [0, 0.1) is 6.92 Å². The number of anilines is 2. The van der Waals surface area contributed by atoms with Gasteiger partial charge in [-0.05, 0) is 37.6 Å². The molecule has 0 heterocycles. The lowest BCUT2D eigenvalue weighted by molar-refractivity contribution is -0.124. The van der Waals surface area contributed by atoms with Crippen LogP contribution in [0.2, 0.25) is 0 Å². The molecule has 0 aliphatic rings. The summed E-state index contributed by atoms with van der Waals surface area (Å²) in [5.41, 5.74) is 1.64. The first-order valence-electron chi connectivity index (χ1n) is 5.55. The topological polar surface area (TPSA) is 92.3 Å². The first kappa shape index (κ1) is 15.2. The smallest absolute Gasteiger partial charge is 0.231 e. The van der Waals surface area contributed by atoms with Crippen molar-refractivity contribution >= 4 is 33.1 Å². The van der Waals surface area contributed by atoms with Crippen LogP contribution in [0.3, 0.4) is 0 Å². The summed E-state index contributed by atoms with van der Waals surface area (Å²) < 4.78 is 24.6. The van der Waals surface area contributed by atoms with E-state index in [0.29, 0.717) is 16.9 Å². The van der Waals surface area contributed by atoms with Crippen LogP contribution in [0.25, 0.3) is 0 Å². The Morgan fingerprint density at radius 2 is 1.89 bits per heavy atom. The second-order valence-electron chi connectivity index (χ2n) is 4.33. The third-order valence-corrected chi connectivity index (χ3v) is 2.81. The Balaban J connectivity index is 2.82. The van der Waals surface area contributed by atoms with Gasteiger partial charge in [0.25, 0.3) is 0 Å². The van der Waals surface area contributed by atoms with Crippen molar-refractivity contribution in [2.75, 3.05) is 16.3 Å². The Bertz CT molecular complexity index is 608. The van der Waals surface area contributed by atoms with Gasteiger partial charge < -0.3 is 5.32 Å². The maximum atomic E-state index is 11.4. The first-order chi connectivity index (χ1) is 8.67. The average Bonchev–Trinajstić information content (AvgIpc) is 2.19. The fourth-order valence-corrected chi connectivity index (χ4v) is 2.12. The Hall–Kier alpha value is -1.89. The molecule has 0 saturated carbocycles. The van der Waals surface area contributed by atoms with Crippen LogP contribution in [-0.4, -0.2) is 26.4 Å². The number of rotatable bonds is 5. The summed E-state index contributed by atoms with van der Waals surface area (Å²) in [6.45, 7) is 3.05. The largest absolute Gasteiger partial charge is 0.326 e. The fourth-order valence-electron chi connectivity index (χ4n) is 1.49.